The van der Waals surface area contributed by atoms with E-state index < -0.39 is 23.8 Å². The van der Waals surface area contributed by atoms with Gasteiger partial charge in [0.05, 0.1) is 19.2 Å². The molecule has 13 heteroatoms. The Hall–Kier alpha value is -5.85. The van der Waals surface area contributed by atoms with Crippen molar-refractivity contribution in [2.24, 2.45) is 17.1 Å². The number of carbonyl (C=O) groups is 4. The van der Waals surface area contributed by atoms with Crippen LogP contribution in [-0.2, 0) is 27.2 Å². The lowest BCUT2D eigenvalue weighted by molar-refractivity contribution is -0.122. The van der Waals surface area contributed by atoms with Crippen LogP contribution in [0.5, 0.6) is 11.5 Å². The van der Waals surface area contributed by atoms with Gasteiger partial charge in [0.25, 0.3) is 0 Å². The smallest absolute Gasteiger partial charge is 0.404 e. The van der Waals surface area contributed by atoms with Crippen LogP contribution in [0.1, 0.15) is 36.8 Å². The van der Waals surface area contributed by atoms with Crippen LogP contribution in [-0.4, -0.2) is 35.5 Å². The van der Waals surface area contributed by atoms with Gasteiger partial charge >= 0.3 is 12.1 Å². The van der Waals surface area contributed by atoms with E-state index in [0.29, 0.717) is 37.7 Å². The van der Waals surface area contributed by atoms with Gasteiger partial charge in [0, 0.05) is 23.6 Å². The summed E-state index contributed by atoms with van der Waals surface area (Å²) in [6, 6.07) is 20.8. The van der Waals surface area contributed by atoms with Gasteiger partial charge in [0.2, 0.25) is 11.8 Å². The summed E-state index contributed by atoms with van der Waals surface area (Å²) < 4.78 is 39.7. The summed E-state index contributed by atoms with van der Waals surface area (Å²) in [6.07, 6.45) is 4.69. The van der Waals surface area contributed by atoms with Crippen molar-refractivity contribution in [2.45, 2.75) is 38.5 Å². The third-order valence-corrected chi connectivity index (χ3v) is 8.40. The topological polar surface area (TPSA) is 153 Å². The number of nitrogens with one attached hydrogen (secondary N) is 2. The van der Waals surface area contributed by atoms with Crippen molar-refractivity contribution in [1.82, 2.24) is 10.3 Å². The molecule has 1 aromatic heterocycles. The van der Waals surface area contributed by atoms with Gasteiger partial charge in [0.1, 0.15) is 17.2 Å². The monoisotopic (exact) mass is 671 g/mol. The van der Waals surface area contributed by atoms with Crippen molar-refractivity contribution in [3.63, 3.8) is 0 Å². The van der Waals surface area contributed by atoms with Crippen LogP contribution in [0.4, 0.5) is 29.8 Å². The van der Waals surface area contributed by atoms with E-state index in [1.165, 1.54) is 60.9 Å². The molecule has 0 aliphatic heterocycles. The second-order valence-electron chi connectivity index (χ2n) is 11.9. The highest BCUT2D eigenvalue weighted by atomic mass is 19.2. The number of hydrogen-bond donors (Lipinski definition) is 3. The Kier molecular flexibility index (Phi) is 11.1. The van der Waals surface area contributed by atoms with E-state index in [1.807, 2.05) is 35.6 Å². The summed E-state index contributed by atoms with van der Waals surface area (Å²) in [5, 5.41) is 4.57. The quantitative estimate of drug-likeness (QED) is 0.151. The largest absolute Gasteiger partial charge is 0.453 e. The van der Waals surface area contributed by atoms with E-state index in [1.54, 1.807) is 6.07 Å². The normalized spacial score (nSPS) is 17.0. The lowest BCUT2D eigenvalue weighted by Crippen LogP contribution is -2.39. The predicted molar refractivity (Wildman–Crippen MR) is 177 cm³/mol. The first-order valence-corrected chi connectivity index (χ1v) is 15.6. The Balaban J connectivity index is 1.22. The highest BCUT2D eigenvalue weighted by Crippen LogP contribution is 2.43. The Morgan fingerprint density at radius 2 is 1.59 bits per heavy atom. The number of para-hydroxylation sites is 2. The second kappa shape index (κ2) is 15.8. The SMILES string of the molecule is NC(=O)OCC1(Cc2ccccc2)CCC(C(=O)Nc2cnccc2Oc2ccccc2N(F)C(=O)NC(=O)Cc2ccc(F)cc2)CC1. The lowest BCUT2D eigenvalue weighted by Gasteiger charge is -2.39. The zero-order valence-electron chi connectivity index (χ0n) is 26.4. The van der Waals surface area contributed by atoms with Crippen molar-refractivity contribution in [3.05, 3.63) is 114 Å². The molecule has 1 heterocycles. The standard InChI is InChI=1S/C36H35F2N5O6/c37-27-12-10-24(11-13-27)20-32(44)42-35(47)43(38)29-8-4-5-9-31(29)49-30-16-19-40-22-28(30)41-33(45)26-14-17-36(18-15-26,23-48-34(39)46)21-25-6-2-1-3-7-25/h1-13,16,19,22,26H,14-15,17-18,20-21,23H2,(H2,39,46)(H,41,45)(H,42,44,47). The number of ether oxygens (including phenoxy) is 2. The van der Waals surface area contributed by atoms with Crippen LogP contribution in [0.3, 0.4) is 0 Å². The fourth-order valence-corrected chi connectivity index (χ4v) is 5.85. The van der Waals surface area contributed by atoms with Gasteiger partial charge in [-0.3, -0.25) is 19.9 Å². The average Bonchev–Trinajstić information content (AvgIpc) is 3.10. The molecule has 1 aliphatic rings. The molecule has 0 radical (unpaired) electrons. The molecule has 49 heavy (non-hydrogen) atoms. The number of urea groups is 1. The van der Waals surface area contributed by atoms with Gasteiger partial charge < -0.3 is 20.5 Å². The molecule has 1 aliphatic carbocycles. The van der Waals surface area contributed by atoms with Crippen LogP contribution >= 0.6 is 0 Å². The van der Waals surface area contributed by atoms with Gasteiger partial charge in [-0.25, -0.2) is 14.0 Å². The molecule has 3 aromatic carbocycles. The Morgan fingerprint density at radius 1 is 0.898 bits per heavy atom. The van der Waals surface area contributed by atoms with E-state index in [0.717, 1.165) is 5.56 Å². The number of halogens is 2. The molecule has 4 N–H and O–H groups in total. The number of carbonyl (C=O) groups excluding carboxylic acids is 4. The number of hydrogen-bond acceptors (Lipinski definition) is 7. The molecule has 1 saturated carbocycles. The molecule has 4 aromatic rings. The van der Waals surface area contributed by atoms with Crippen LogP contribution in [0.15, 0.2) is 97.3 Å². The van der Waals surface area contributed by atoms with Crippen molar-refractivity contribution < 1.29 is 37.5 Å². The van der Waals surface area contributed by atoms with Crippen LogP contribution in [0.25, 0.3) is 0 Å². The Bertz CT molecular complexity index is 1780. The second-order valence-corrected chi connectivity index (χ2v) is 11.9. The number of pyridine rings is 1. The summed E-state index contributed by atoms with van der Waals surface area (Å²) >= 11 is 0. The Labute approximate surface area is 281 Å². The first-order valence-electron chi connectivity index (χ1n) is 15.6. The number of nitrogens with zero attached hydrogens (tertiary/aromatic N) is 2. The van der Waals surface area contributed by atoms with Crippen molar-refractivity contribution in [1.29, 1.82) is 0 Å². The number of anilines is 2. The zero-order chi connectivity index (χ0) is 34.8. The summed E-state index contributed by atoms with van der Waals surface area (Å²) in [4.78, 5) is 53.9. The minimum absolute atomic E-state index is 0.0781. The van der Waals surface area contributed by atoms with E-state index in [9.17, 15) is 23.6 Å². The van der Waals surface area contributed by atoms with E-state index in [4.69, 9.17) is 15.2 Å². The number of imide groups is 1. The first kappa shape index (κ1) is 34.5. The van der Waals surface area contributed by atoms with Gasteiger partial charge in [-0.05, 0) is 67.5 Å². The number of aromatic nitrogens is 1. The lowest BCUT2D eigenvalue weighted by atomic mass is 9.67. The van der Waals surface area contributed by atoms with E-state index in [2.05, 4.69) is 10.3 Å². The maximum atomic E-state index is 15.3. The summed E-state index contributed by atoms with van der Waals surface area (Å²) in [7, 11) is 0. The van der Waals surface area contributed by atoms with Gasteiger partial charge in [-0.1, -0.05) is 59.1 Å². The van der Waals surface area contributed by atoms with Crippen molar-refractivity contribution in [2.75, 3.05) is 17.0 Å². The molecule has 0 atom stereocenters. The molecular formula is C36H35F2N5O6. The first-order chi connectivity index (χ1) is 23.6. The Morgan fingerprint density at radius 3 is 2.31 bits per heavy atom. The minimum Gasteiger partial charge on any atom is -0.453 e. The zero-order valence-corrected chi connectivity index (χ0v) is 26.4. The average molecular weight is 672 g/mol. The summed E-state index contributed by atoms with van der Waals surface area (Å²) in [5.41, 5.74) is 6.36. The maximum Gasteiger partial charge on any atom is 0.404 e. The number of nitrogens with two attached hydrogens (primary N) is 1. The molecule has 5 amide bonds. The molecular weight excluding hydrogens is 636 g/mol. The molecule has 0 unspecified atom stereocenters. The van der Waals surface area contributed by atoms with Crippen molar-refractivity contribution in [3.8, 4) is 11.5 Å². The number of primary amides is 1. The summed E-state index contributed by atoms with van der Waals surface area (Å²) in [6.45, 7) is 0.150. The maximum absolute atomic E-state index is 15.3. The van der Waals surface area contributed by atoms with Crippen molar-refractivity contribution >= 4 is 35.3 Å². The highest BCUT2D eigenvalue weighted by Gasteiger charge is 2.39. The van der Waals surface area contributed by atoms with E-state index >= 15 is 4.48 Å². The number of amides is 5. The van der Waals surface area contributed by atoms with Crippen LogP contribution in [0, 0.1) is 17.2 Å². The van der Waals surface area contributed by atoms with Crippen LogP contribution < -0.4 is 26.2 Å². The molecule has 254 valence electrons. The van der Waals surface area contributed by atoms with E-state index in [-0.39, 0.29) is 58.3 Å². The molecule has 1 fully saturated rings. The fourth-order valence-electron chi connectivity index (χ4n) is 5.85. The highest BCUT2D eigenvalue weighted by molar-refractivity contribution is 6.02. The predicted octanol–water partition coefficient (Wildman–Crippen LogP) is 6.64. The summed E-state index contributed by atoms with van der Waals surface area (Å²) in [5.74, 6) is -1.83. The molecule has 0 saturated heterocycles. The molecule has 5 rings (SSSR count). The number of rotatable bonds is 11. The number of benzene rings is 3. The molecule has 0 bridgehead atoms. The van der Waals surface area contributed by atoms with Gasteiger partial charge in [0.15, 0.2) is 11.5 Å². The fraction of sp³-hybridized carbons (Fsp3) is 0.250. The molecule has 0 spiro atoms. The van der Waals surface area contributed by atoms with Gasteiger partial charge in [-0.15, -0.1) is 5.12 Å². The van der Waals surface area contributed by atoms with Gasteiger partial charge in [-0.2, -0.15) is 0 Å². The molecule has 11 nitrogen and oxygen atoms in total. The third kappa shape index (κ3) is 9.37. The minimum atomic E-state index is -1.35. The van der Waals surface area contributed by atoms with Crippen LogP contribution in [0.2, 0.25) is 0 Å². The third-order valence-electron chi connectivity index (χ3n) is 8.40.